The second kappa shape index (κ2) is 5.93. The molecule has 1 aromatic rings. The average Bonchev–Trinajstić information content (AvgIpc) is 2.61. The zero-order chi connectivity index (χ0) is 15.6. The fraction of sp³-hybridized carbons (Fsp3) is 0.500. The van der Waals surface area contributed by atoms with Crippen LogP contribution >= 0.6 is 0 Å². The van der Waals surface area contributed by atoms with Gasteiger partial charge in [0, 0.05) is 19.6 Å². The molecule has 1 heterocycles. The molecular weight excluding hydrogens is 285 g/mol. The maximum Gasteiger partial charge on any atom is 0.416 e. The van der Waals surface area contributed by atoms with Crippen molar-refractivity contribution in [1.29, 1.82) is 0 Å². The zero-order valence-electron chi connectivity index (χ0n) is 11.7. The first-order chi connectivity index (χ1) is 9.79. The van der Waals surface area contributed by atoms with Crippen molar-refractivity contribution in [3.05, 3.63) is 29.3 Å². The summed E-state index contributed by atoms with van der Waals surface area (Å²) in [5, 5.41) is 9.20. The first kappa shape index (κ1) is 15.6. The van der Waals surface area contributed by atoms with Crippen molar-refractivity contribution in [2.24, 2.45) is 0 Å². The number of rotatable bonds is 2. The molecule has 7 heteroatoms. The number of hydrogen-bond donors (Lipinski definition) is 1. The van der Waals surface area contributed by atoms with E-state index in [4.69, 9.17) is 0 Å². The molecular formula is C14H17F3N2O2. The van der Waals surface area contributed by atoms with Crippen molar-refractivity contribution in [3.63, 3.8) is 0 Å². The Labute approximate surface area is 120 Å². The topological polar surface area (TPSA) is 43.8 Å². The van der Waals surface area contributed by atoms with Gasteiger partial charge in [-0.15, -0.1) is 0 Å². The molecule has 0 aliphatic carbocycles. The molecule has 21 heavy (non-hydrogen) atoms. The van der Waals surface area contributed by atoms with Crippen LogP contribution in [0.2, 0.25) is 0 Å². The average molecular weight is 302 g/mol. The smallest absolute Gasteiger partial charge is 0.416 e. The monoisotopic (exact) mass is 302 g/mol. The Morgan fingerprint density at radius 3 is 2.52 bits per heavy atom. The predicted molar refractivity (Wildman–Crippen MR) is 72.7 cm³/mol. The first-order valence-corrected chi connectivity index (χ1v) is 6.67. The Balaban J connectivity index is 2.36. The number of carboxylic acids is 1. The van der Waals surface area contributed by atoms with Crippen molar-refractivity contribution < 1.29 is 23.1 Å². The van der Waals surface area contributed by atoms with E-state index in [1.54, 1.807) is 0 Å². The number of benzene rings is 1. The molecule has 1 fully saturated rings. The number of aromatic carboxylic acids is 1. The van der Waals surface area contributed by atoms with Crippen molar-refractivity contribution >= 4 is 11.7 Å². The molecule has 4 nitrogen and oxygen atoms in total. The molecule has 0 saturated carbocycles. The van der Waals surface area contributed by atoms with Gasteiger partial charge in [0.05, 0.1) is 16.8 Å². The summed E-state index contributed by atoms with van der Waals surface area (Å²) in [4.78, 5) is 15.2. The molecule has 0 unspecified atom stereocenters. The van der Waals surface area contributed by atoms with Gasteiger partial charge in [-0.05, 0) is 38.2 Å². The van der Waals surface area contributed by atoms with Crippen LogP contribution in [0.4, 0.5) is 18.9 Å². The fourth-order valence-corrected chi connectivity index (χ4v) is 2.45. The minimum absolute atomic E-state index is 0.297. The number of likely N-dealkylation sites (N-methyl/N-ethyl adjacent to an activating group) is 1. The number of carboxylic acid groups (broad SMARTS) is 1. The van der Waals surface area contributed by atoms with E-state index < -0.39 is 17.7 Å². The minimum atomic E-state index is -4.54. The van der Waals surface area contributed by atoms with Crippen LogP contribution in [0.25, 0.3) is 0 Å². The lowest BCUT2D eigenvalue weighted by atomic mass is 10.1. The first-order valence-electron chi connectivity index (χ1n) is 6.67. The van der Waals surface area contributed by atoms with Gasteiger partial charge < -0.3 is 14.9 Å². The largest absolute Gasteiger partial charge is 0.478 e. The van der Waals surface area contributed by atoms with Gasteiger partial charge in [0.2, 0.25) is 0 Å². The van der Waals surface area contributed by atoms with Crippen LogP contribution in [-0.4, -0.2) is 49.2 Å². The Hall–Kier alpha value is -1.76. The third-order valence-corrected chi connectivity index (χ3v) is 3.61. The van der Waals surface area contributed by atoms with Gasteiger partial charge in [-0.3, -0.25) is 0 Å². The van der Waals surface area contributed by atoms with Crippen LogP contribution < -0.4 is 4.90 Å². The van der Waals surface area contributed by atoms with Crippen LogP contribution in [-0.2, 0) is 6.18 Å². The molecule has 2 rings (SSSR count). The lowest BCUT2D eigenvalue weighted by Gasteiger charge is -2.25. The lowest BCUT2D eigenvalue weighted by molar-refractivity contribution is -0.137. The maximum absolute atomic E-state index is 12.7. The highest BCUT2D eigenvalue weighted by Crippen LogP contribution is 2.33. The Morgan fingerprint density at radius 2 is 1.90 bits per heavy atom. The highest BCUT2D eigenvalue weighted by atomic mass is 19.4. The molecule has 1 N–H and O–H groups in total. The normalized spacial score (nSPS) is 17.6. The van der Waals surface area contributed by atoms with E-state index in [9.17, 15) is 23.1 Å². The predicted octanol–water partition coefficient (Wildman–Crippen LogP) is 2.55. The fourth-order valence-electron chi connectivity index (χ4n) is 2.45. The molecule has 0 atom stereocenters. The molecule has 1 aliphatic rings. The van der Waals surface area contributed by atoms with Crippen molar-refractivity contribution in [3.8, 4) is 0 Å². The van der Waals surface area contributed by atoms with Gasteiger partial charge in [-0.25, -0.2) is 4.79 Å². The van der Waals surface area contributed by atoms with Crippen LogP contribution in [0, 0.1) is 0 Å². The standard InChI is InChI=1S/C14H17F3N2O2/c1-18-5-2-6-19(8-7-18)12-4-3-10(14(15,16)17)9-11(12)13(20)21/h3-4,9H,2,5-8H2,1H3,(H,20,21). The number of halogens is 3. The Bertz CT molecular complexity index is 531. The minimum Gasteiger partial charge on any atom is -0.478 e. The third kappa shape index (κ3) is 3.66. The van der Waals surface area contributed by atoms with E-state index in [-0.39, 0.29) is 5.56 Å². The van der Waals surface area contributed by atoms with Gasteiger partial charge in [-0.1, -0.05) is 0 Å². The Morgan fingerprint density at radius 1 is 1.19 bits per heavy atom. The van der Waals surface area contributed by atoms with Crippen LogP contribution in [0.5, 0.6) is 0 Å². The second-order valence-electron chi connectivity index (χ2n) is 5.18. The summed E-state index contributed by atoms with van der Waals surface area (Å²) in [6, 6.07) is 2.92. The van der Waals surface area contributed by atoms with Gasteiger partial charge in [0.15, 0.2) is 0 Å². The van der Waals surface area contributed by atoms with Crippen LogP contribution in [0.1, 0.15) is 22.3 Å². The molecule has 1 saturated heterocycles. The van der Waals surface area contributed by atoms with E-state index in [0.29, 0.717) is 24.8 Å². The van der Waals surface area contributed by atoms with Crippen molar-refractivity contribution in [2.75, 3.05) is 38.1 Å². The molecule has 1 aliphatic heterocycles. The van der Waals surface area contributed by atoms with E-state index in [0.717, 1.165) is 25.6 Å². The molecule has 0 spiro atoms. The van der Waals surface area contributed by atoms with Crippen molar-refractivity contribution in [1.82, 2.24) is 4.90 Å². The van der Waals surface area contributed by atoms with E-state index in [1.165, 1.54) is 6.07 Å². The summed E-state index contributed by atoms with van der Waals surface area (Å²) in [6.45, 7) is 2.87. The molecule has 0 bridgehead atoms. The summed E-state index contributed by atoms with van der Waals surface area (Å²) in [5.41, 5.74) is -0.879. The molecule has 0 radical (unpaired) electrons. The summed E-state index contributed by atoms with van der Waals surface area (Å²) in [7, 11) is 1.97. The lowest BCUT2D eigenvalue weighted by Crippen LogP contribution is -2.30. The SMILES string of the molecule is CN1CCCN(c2ccc(C(F)(F)F)cc2C(=O)O)CC1. The summed E-state index contributed by atoms with van der Waals surface area (Å²) < 4.78 is 38.1. The van der Waals surface area contributed by atoms with Crippen LogP contribution in [0.15, 0.2) is 18.2 Å². The number of carbonyl (C=O) groups is 1. The second-order valence-corrected chi connectivity index (χ2v) is 5.18. The number of anilines is 1. The molecule has 0 aromatic heterocycles. The van der Waals surface area contributed by atoms with Gasteiger partial charge >= 0.3 is 12.1 Å². The third-order valence-electron chi connectivity index (χ3n) is 3.61. The summed E-state index contributed by atoms with van der Waals surface area (Å²) in [5.74, 6) is -1.34. The van der Waals surface area contributed by atoms with E-state index in [2.05, 4.69) is 4.90 Å². The number of hydrogen-bond acceptors (Lipinski definition) is 3. The zero-order valence-corrected chi connectivity index (χ0v) is 11.7. The number of alkyl halides is 3. The van der Waals surface area contributed by atoms with Gasteiger partial charge in [0.25, 0.3) is 0 Å². The molecule has 1 aromatic carbocycles. The summed E-state index contributed by atoms with van der Waals surface area (Å²) in [6.07, 6.45) is -3.70. The van der Waals surface area contributed by atoms with E-state index in [1.807, 2.05) is 11.9 Å². The maximum atomic E-state index is 12.7. The van der Waals surface area contributed by atoms with Crippen molar-refractivity contribution in [2.45, 2.75) is 12.6 Å². The van der Waals surface area contributed by atoms with Gasteiger partial charge in [0.1, 0.15) is 0 Å². The Kier molecular flexibility index (Phi) is 4.41. The van der Waals surface area contributed by atoms with Crippen LogP contribution in [0.3, 0.4) is 0 Å². The summed E-state index contributed by atoms with van der Waals surface area (Å²) >= 11 is 0. The van der Waals surface area contributed by atoms with Gasteiger partial charge in [-0.2, -0.15) is 13.2 Å². The highest BCUT2D eigenvalue weighted by Gasteiger charge is 2.32. The number of nitrogens with zero attached hydrogens (tertiary/aromatic N) is 2. The molecule has 116 valence electrons. The quantitative estimate of drug-likeness (QED) is 0.912. The highest BCUT2D eigenvalue weighted by molar-refractivity contribution is 5.94. The molecule has 0 amide bonds. The van der Waals surface area contributed by atoms with E-state index >= 15 is 0 Å².